The highest BCUT2D eigenvalue weighted by Gasteiger charge is 2.23. The molecule has 4 N–H and O–H groups in total. The molecule has 2 amide bonds. The van der Waals surface area contributed by atoms with Crippen LogP contribution in [0.5, 0.6) is 11.5 Å². The van der Waals surface area contributed by atoms with E-state index in [1.165, 1.54) is 6.20 Å². The van der Waals surface area contributed by atoms with Gasteiger partial charge in [0.15, 0.2) is 5.82 Å². The molecule has 2 aliphatic rings. The van der Waals surface area contributed by atoms with Crippen LogP contribution < -0.4 is 35.6 Å². The van der Waals surface area contributed by atoms with E-state index >= 15 is 0 Å². The van der Waals surface area contributed by atoms with Gasteiger partial charge in [-0.15, -0.1) is 0 Å². The van der Waals surface area contributed by atoms with Gasteiger partial charge in [0.25, 0.3) is 0 Å². The fourth-order valence-corrected chi connectivity index (χ4v) is 4.25. The topological polar surface area (TPSA) is 122 Å². The Morgan fingerprint density at radius 1 is 1.05 bits per heavy atom. The Hall–Kier alpha value is -3.96. The molecule has 5 rings (SSSR count). The highest BCUT2D eigenvalue weighted by Crippen LogP contribution is 2.39. The number of para-hydroxylation sites is 1. The van der Waals surface area contributed by atoms with Gasteiger partial charge in [0, 0.05) is 30.9 Å². The van der Waals surface area contributed by atoms with Crippen molar-refractivity contribution >= 4 is 52.1 Å². The monoisotopic (exact) mass is 539 g/mol. The fourth-order valence-electron chi connectivity index (χ4n) is 4.12. The maximum absolute atomic E-state index is 12.1. The Bertz CT molecular complexity index is 1300. The number of carbonyl (C=O) groups is 1. The van der Waals surface area contributed by atoms with Crippen LogP contribution in [0.4, 0.5) is 39.3 Å². The van der Waals surface area contributed by atoms with E-state index in [-0.39, 0.29) is 12.1 Å². The van der Waals surface area contributed by atoms with Gasteiger partial charge in [-0.3, -0.25) is 0 Å². The molecule has 3 aromatic rings. The lowest BCUT2D eigenvalue weighted by atomic mass is 10.2. The molecule has 0 bridgehead atoms. The first-order valence-corrected chi connectivity index (χ1v) is 12.7. The zero-order chi connectivity index (χ0) is 26.5. The number of ether oxygens (including phenoxy) is 3. The van der Waals surface area contributed by atoms with E-state index in [1.807, 2.05) is 18.2 Å². The predicted molar refractivity (Wildman–Crippen MR) is 148 cm³/mol. The maximum atomic E-state index is 12.1. The molecule has 1 aliphatic heterocycles. The van der Waals surface area contributed by atoms with Crippen LogP contribution in [0.3, 0.4) is 0 Å². The standard InChI is InChI=1S/C26H30ClN7O4/c1-36-21-5-3-4-20(23(21)34-10-12-38-13-11-34)31-24-18(27)15-28-25(33-24)32-19-9-8-17(14-22(19)37-2)30-26(35)29-16-6-7-16/h3-5,8-9,14-16H,6-7,10-13H2,1-2H3,(H2,29,30,35)(H2,28,31,32,33). The molecule has 1 saturated heterocycles. The van der Waals surface area contributed by atoms with Crippen LogP contribution in [0.25, 0.3) is 0 Å². The number of hydrogen-bond acceptors (Lipinski definition) is 9. The molecule has 38 heavy (non-hydrogen) atoms. The molecule has 200 valence electrons. The van der Waals surface area contributed by atoms with Crippen molar-refractivity contribution in [2.24, 2.45) is 0 Å². The van der Waals surface area contributed by atoms with Crippen LogP contribution in [0.15, 0.2) is 42.6 Å². The fraction of sp³-hybridized carbons (Fsp3) is 0.346. The number of aromatic nitrogens is 2. The van der Waals surface area contributed by atoms with Crippen molar-refractivity contribution < 1.29 is 19.0 Å². The van der Waals surface area contributed by atoms with Crippen LogP contribution in [0.2, 0.25) is 5.02 Å². The summed E-state index contributed by atoms with van der Waals surface area (Å²) in [6.07, 6.45) is 3.56. The van der Waals surface area contributed by atoms with E-state index in [9.17, 15) is 4.79 Å². The Labute approximate surface area is 225 Å². The van der Waals surface area contributed by atoms with Crippen LogP contribution in [0, 0.1) is 0 Å². The van der Waals surface area contributed by atoms with Crippen molar-refractivity contribution in [2.45, 2.75) is 18.9 Å². The molecular weight excluding hydrogens is 510 g/mol. The van der Waals surface area contributed by atoms with E-state index in [2.05, 4.69) is 36.1 Å². The third-order valence-electron chi connectivity index (χ3n) is 6.16. The van der Waals surface area contributed by atoms with Crippen molar-refractivity contribution in [3.63, 3.8) is 0 Å². The molecular formula is C26H30ClN7O4. The van der Waals surface area contributed by atoms with Crippen LogP contribution in [-0.2, 0) is 4.74 Å². The number of nitrogens with zero attached hydrogens (tertiary/aromatic N) is 3. The zero-order valence-corrected chi connectivity index (χ0v) is 22.0. The highest BCUT2D eigenvalue weighted by molar-refractivity contribution is 6.33. The minimum absolute atomic E-state index is 0.235. The number of rotatable bonds is 9. The predicted octanol–water partition coefficient (Wildman–Crippen LogP) is 4.75. The van der Waals surface area contributed by atoms with Gasteiger partial charge in [0.1, 0.15) is 22.2 Å². The van der Waals surface area contributed by atoms with Crippen LogP contribution in [0.1, 0.15) is 12.8 Å². The number of hydrogen-bond donors (Lipinski definition) is 4. The SMILES string of the molecule is COc1cc(NC(=O)NC2CC2)ccc1Nc1ncc(Cl)c(Nc2cccc(OC)c2N2CCOCC2)n1. The van der Waals surface area contributed by atoms with Crippen LogP contribution >= 0.6 is 11.6 Å². The normalized spacial score (nSPS) is 15.0. The summed E-state index contributed by atoms with van der Waals surface area (Å²) in [5.74, 6) is 2.01. The van der Waals surface area contributed by atoms with Crippen molar-refractivity contribution in [1.82, 2.24) is 15.3 Å². The number of nitrogens with one attached hydrogen (secondary N) is 4. The molecule has 1 saturated carbocycles. The molecule has 0 atom stereocenters. The second-order valence-electron chi connectivity index (χ2n) is 8.88. The molecule has 12 heteroatoms. The third-order valence-corrected chi connectivity index (χ3v) is 6.44. The summed E-state index contributed by atoms with van der Waals surface area (Å²) < 4.78 is 16.7. The molecule has 0 radical (unpaired) electrons. The quantitative estimate of drug-likeness (QED) is 0.305. The largest absolute Gasteiger partial charge is 0.495 e. The van der Waals surface area contributed by atoms with Crippen molar-refractivity contribution in [3.05, 3.63) is 47.6 Å². The summed E-state index contributed by atoms with van der Waals surface area (Å²) >= 11 is 6.48. The first kappa shape index (κ1) is 25.7. The molecule has 2 heterocycles. The lowest BCUT2D eigenvalue weighted by Crippen LogP contribution is -2.36. The number of carbonyl (C=O) groups excluding carboxylic acids is 1. The molecule has 1 aromatic heterocycles. The first-order chi connectivity index (χ1) is 18.5. The lowest BCUT2D eigenvalue weighted by molar-refractivity contribution is 0.122. The molecule has 1 aliphatic carbocycles. The Kier molecular flexibility index (Phi) is 7.85. The number of benzene rings is 2. The lowest BCUT2D eigenvalue weighted by Gasteiger charge is -2.31. The van der Waals surface area contributed by atoms with E-state index < -0.39 is 0 Å². The van der Waals surface area contributed by atoms with E-state index in [0.29, 0.717) is 47.1 Å². The minimum Gasteiger partial charge on any atom is -0.495 e. The number of halogens is 1. The number of morpholine rings is 1. The summed E-state index contributed by atoms with van der Waals surface area (Å²) in [7, 11) is 3.21. The van der Waals surface area contributed by atoms with Gasteiger partial charge in [-0.2, -0.15) is 4.98 Å². The average Bonchev–Trinajstić information content (AvgIpc) is 3.75. The Morgan fingerprint density at radius 2 is 1.84 bits per heavy atom. The van der Waals surface area contributed by atoms with Gasteiger partial charge < -0.3 is 40.4 Å². The Morgan fingerprint density at radius 3 is 2.58 bits per heavy atom. The van der Waals surface area contributed by atoms with Gasteiger partial charge in [-0.05, 0) is 37.1 Å². The Balaban J connectivity index is 1.35. The molecule has 11 nitrogen and oxygen atoms in total. The van der Waals surface area contributed by atoms with Crippen molar-refractivity contribution in [3.8, 4) is 11.5 Å². The number of anilines is 6. The molecule has 2 fully saturated rings. The second kappa shape index (κ2) is 11.6. The van der Waals surface area contributed by atoms with Crippen LogP contribution in [-0.4, -0.2) is 62.6 Å². The smallest absolute Gasteiger partial charge is 0.319 e. The van der Waals surface area contributed by atoms with Gasteiger partial charge in [0.05, 0.1) is 45.0 Å². The molecule has 0 unspecified atom stereocenters. The van der Waals surface area contributed by atoms with Gasteiger partial charge >= 0.3 is 6.03 Å². The van der Waals surface area contributed by atoms with Crippen molar-refractivity contribution in [1.29, 1.82) is 0 Å². The highest BCUT2D eigenvalue weighted by atomic mass is 35.5. The number of urea groups is 1. The molecule has 0 spiro atoms. The zero-order valence-electron chi connectivity index (χ0n) is 21.2. The summed E-state index contributed by atoms with van der Waals surface area (Å²) in [5.41, 5.74) is 2.95. The van der Waals surface area contributed by atoms with E-state index in [4.69, 9.17) is 25.8 Å². The first-order valence-electron chi connectivity index (χ1n) is 12.4. The third kappa shape index (κ3) is 6.12. The second-order valence-corrected chi connectivity index (χ2v) is 9.29. The summed E-state index contributed by atoms with van der Waals surface area (Å²) in [6, 6.07) is 11.1. The van der Waals surface area contributed by atoms with Crippen molar-refractivity contribution in [2.75, 3.05) is 61.4 Å². The average molecular weight is 540 g/mol. The summed E-state index contributed by atoms with van der Waals surface area (Å²) in [6.45, 7) is 2.76. The maximum Gasteiger partial charge on any atom is 0.319 e. The van der Waals surface area contributed by atoms with Gasteiger partial charge in [-0.1, -0.05) is 17.7 Å². The van der Waals surface area contributed by atoms with Gasteiger partial charge in [-0.25, -0.2) is 9.78 Å². The number of methoxy groups -OCH3 is 2. The molecule has 2 aromatic carbocycles. The summed E-state index contributed by atoms with van der Waals surface area (Å²) in [4.78, 5) is 23.2. The van der Waals surface area contributed by atoms with Gasteiger partial charge in [0.2, 0.25) is 5.95 Å². The number of amides is 2. The van der Waals surface area contributed by atoms with E-state index in [0.717, 1.165) is 43.1 Å². The minimum atomic E-state index is -0.235. The van der Waals surface area contributed by atoms with E-state index in [1.54, 1.807) is 32.4 Å². The summed E-state index contributed by atoms with van der Waals surface area (Å²) in [5, 5.41) is 12.6.